The number of carbonyl (C=O) groups excluding carboxylic acids is 1. The van der Waals surface area contributed by atoms with Crippen LogP contribution >= 0.6 is 12.2 Å². The van der Waals surface area contributed by atoms with Crippen molar-refractivity contribution in [1.29, 1.82) is 0 Å². The molecular weight excluding hydrogens is 358 g/mol. The molecule has 0 aliphatic carbocycles. The quantitative estimate of drug-likeness (QED) is 0.760. The van der Waals surface area contributed by atoms with E-state index in [-0.39, 0.29) is 11.8 Å². The number of carbonyl (C=O) groups is 1. The Morgan fingerprint density at radius 1 is 1.04 bits per heavy atom. The second-order valence-corrected chi connectivity index (χ2v) is 6.89. The first-order valence-electron chi connectivity index (χ1n) is 9.30. The molecule has 2 aromatic rings. The van der Waals surface area contributed by atoms with Crippen LogP contribution in [0.25, 0.3) is 0 Å². The van der Waals surface area contributed by atoms with E-state index in [0.29, 0.717) is 11.7 Å². The van der Waals surface area contributed by atoms with Gasteiger partial charge in [0.1, 0.15) is 5.75 Å². The monoisotopic (exact) mass is 383 g/mol. The van der Waals surface area contributed by atoms with E-state index in [4.69, 9.17) is 17.0 Å². The summed E-state index contributed by atoms with van der Waals surface area (Å²) in [7, 11) is 0. The van der Waals surface area contributed by atoms with Crippen LogP contribution in [0.3, 0.4) is 0 Å². The third-order valence-electron chi connectivity index (χ3n) is 4.61. The number of anilines is 2. The predicted molar refractivity (Wildman–Crippen MR) is 113 cm³/mol. The van der Waals surface area contributed by atoms with Crippen LogP contribution in [-0.2, 0) is 4.79 Å². The summed E-state index contributed by atoms with van der Waals surface area (Å²) < 4.78 is 5.45. The molecule has 1 amide bonds. The highest BCUT2D eigenvalue weighted by molar-refractivity contribution is 7.80. The standard InChI is InChI=1S/C21H25N3O2S/c1-2-26-19-10-8-18(9-11-19)23-21(27)24-14-12-16(13-15-24)20(25)22-17-6-4-3-5-7-17/h3-11,16H,2,12-15H2,1H3,(H,22,25)(H,23,27). The molecule has 142 valence electrons. The van der Waals surface area contributed by atoms with Gasteiger partial charge < -0.3 is 20.3 Å². The van der Waals surface area contributed by atoms with Crippen molar-refractivity contribution < 1.29 is 9.53 Å². The number of rotatable bonds is 5. The summed E-state index contributed by atoms with van der Waals surface area (Å²) in [5.74, 6) is 0.959. The van der Waals surface area contributed by atoms with Gasteiger partial charge in [0.05, 0.1) is 6.61 Å². The van der Waals surface area contributed by atoms with Crippen LogP contribution in [0.5, 0.6) is 5.75 Å². The molecule has 6 heteroatoms. The molecule has 0 atom stereocenters. The Hall–Kier alpha value is -2.60. The topological polar surface area (TPSA) is 53.6 Å². The van der Waals surface area contributed by atoms with Gasteiger partial charge in [-0.3, -0.25) is 4.79 Å². The largest absolute Gasteiger partial charge is 0.494 e. The lowest BCUT2D eigenvalue weighted by Crippen LogP contribution is -2.43. The van der Waals surface area contributed by atoms with Gasteiger partial charge in [-0.15, -0.1) is 0 Å². The van der Waals surface area contributed by atoms with E-state index in [1.807, 2.05) is 61.5 Å². The fourth-order valence-corrected chi connectivity index (χ4v) is 3.41. The first kappa shape index (κ1) is 19.2. The molecule has 1 heterocycles. The molecule has 27 heavy (non-hydrogen) atoms. The molecule has 1 fully saturated rings. The van der Waals surface area contributed by atoms with E-state index in [9.17, 15) is 4.79 Å². The minimum Gasteiger partial charge on any atom is -0.494 e. The number of hydrogen-bond acceptors (Lipinski definition) is 3. The molecule has 0 spiro atoms. The van der Waals surface area contributed by atoms with Crippen LogP contribution in [-0.4, -0.2) is 35.6 Å². The zero-order valence-corrected chi connectivity index (χ0v) is 16.3. The number of thiocarbonyl (C=S) groups is 1. The van der Waals surface area contributed by atoms with E-state index in [1.54, 1.807) is 0 Å². The highest BCUT2D eigenvalue weighted by atomic mass is 32.1. The van der Waals surface area contributed by atoms with Crippen LogP contribution in [0, 0.1) is 5.92 Å². The summed E-state index contributed by atoms with van der Waals surface area (Å²) in [4.78, 5) is 14.6. The Kier molecular flexibility index (Phi) is 6.65. The molecular formula is C21H25N3O2S. The second-order valence-electron chi connectivity index (χ2n) is 6.50. The van der Waals surface area contributed by atoms with E-state index in [1.165, 1.54) is 0 Å². The summed E-state index contributed by atoms with van der Waals surface area (Å²) >= 11 is 5.53. The van der Waals surface area contributed by atoms with Crippen molar-refractivity contribution in [3.8, 4) is 5.75 Å². The number of piperidine rings is 1. The van der Waals surface area contributed by atoms with E-state index >= 15 is 0 Å². The third kappa shape index (κ3) is 5.44. The zero-order valence-electron chi connectivity index (χ0n) is 15.5. The van der Waals surface area contributed by atoms with Gasteiger partial charge >= 0.3 is 0 Å². The Morgan fingerprint density at radius 2 is 1.67 bits per heavy atom. The normalized spacial score (nSPS) is 14.5. The number of benzene rings is 2. The molecule has 1 saturated heterocycles. The van der Waals surface area contributed by atoms with Gasteiger partial charge in [0.2, 0.25) is 5.91 Å². The minimum atomic E-state index is 0.0229. The number of nitrogens with zero attached hydrogens (tertiary/aromatic N) is 1. The molecule has 0 saturated carbocycles. The fourth-order valence-electron chi connectivity index (χ4n) is 3.11. The minimum absolute atomic E-state index is 0.0229. The van der Waals surface area contributed by atoms with Crippen LogP contribution in [0.2, 0.25) is 0 Å². The molecule has 5 nitrogen and oxygen atoms in total. The van der Waals surface area contributed by atoms with Gasteiger partial charge in [0, 0.05) is 30.4 Å². The molecule has 1 aliphatic heterocycles. The lowest BCUT2D eigenvalue weighted by atomic mass is 9.96. The first-order chi connectivity index (χ1) is 13.2. The Bertz CT molecular complexity index is 757. The van der Waals surface area contributed by atoms with Gasteiger partial charge in [0.15, 0.2) is 5.11 Å². The molecule has 2 N–H and O–H groups in total. The third-order valence-corrected chi connectivity index (χ3v) is 4.97. The lowest BCUT2D eigenvalue weighted by molar-refractivity contribution is -0.120. The number of likely N-dealkylation sites (tertiary alicyclic amines) is 1. The molecule has 0 unspecified atom stereocenters. The Labute approximate surface area is 165 Å². The summed E-state index contributed by atoms with van der Waals surface area (Å²) in [6.07, 6.45) is 1.59. The van der Waals surface area contributed by atoms with Crippen molar-refractivity contribution in [2.75, 3.05) is 30.3 Å². The predicted octanol–water partition coefficient (Wildman–Crippen LogP) is 4.13. The maximum atomic E-state index is 12.4. The van der Waals surface area contributed by atoms with Crippen LogP contribution in [0.4, 0.5) is 11.4 Å². The molecule has 1 aliphatic rings. The maximum Gasteiger partial charge on any atom is 0.227 e. The summed E-state index contributed by atoms with van der Waals surface area (Å²) in [5, 5.41) is 6.95. The van der Waals surface area contributed by atoms with Crippen LogP contribution < -0.4 is 15.4 Å². The van der Waals surface area contributed by atoms with Crippen molar-refractivity contribution in [3.05, 3.63) is 54.6 Å². The highest BCUT2D eigenvalue weighted by Gasteiger charge is 2.26. The molecule has 3 rings (SSSR count). The number of para-hydroxylation sites is 1. The van der Waals surface area contributed by atoms with E-state index in [0.717, 1.165) is 43.1 Å². The summed E-state index contributed by atoms with van der Waals surface area (Å²) in [6, 6.07) is 17.3. The van der Waals surface area contributed by atoms with Gasteiger partial charge in [-0.05, 0) is 68.4 Å². The zero-order chi connectivity index (χ0) is 19.1. The van der Waals surface area contributed by atoms with Crippen molar-refractivity contribution in [3.63, 3.8) is 0 Å². The molecule has 0 aromatic heterocycles. The lowest BCUT2D eigenvalue weighted by Gasteiger charge is -2.33. The number of ether oxygens (including phenoxy) is 1. The molecule has 0 bridgehead atoms. The van der Waals surface area contributed by atoms with Crippen molar-refractivity contribution in [1.82, 2.24) is 4.90 Å². The second kappa shape index (κ2) is 9.37. The fraction of sp³-hybridized carbons (Fsp3) is 0.333. The molecule has 2 aromatic carbocycles. The Balaban J connectivity index is 1.46. The van der Waals surface area contributed by atoms with Crippen LogP contribution in [0.1, 0.15) is 19.8 Å². The van der Waals surface area contributed by atoms with Crippen molar-refractivity contribution in [2.24, 2.45) is 5.92 Å². The SMILES string of the molecule is CCOc1ccc(NC(=S)N2CCC(C(=O)Nc3ccccc3)CC2)cc1. The summed E-state index contributed by atoms with van der Waals surface area (Å²) in [6.45, 7) is 4.16. The van der Waals surface area contributed by atoms with Gasteiger partial charge in [0.25, 0.3) is 0 Å². The summed E-state index contributed by atoms with van der Waals surface area (Å²) in [5.41, 5.74) is 1.78. The number of amides is 1. The average molecular weight is 384 g/mol. The first-order valence-corrected chi connectivity index (χ1v) is 9.71. The average Bonchev–Trinajstić information content (AvgIpc) is 2.70. The Morgan fingerprint density at radius 3 is 2.30 bits per heavy atom. The van der Waals surface area contributed by atoms with Gasteiger partial charge in [-0.2, -0.15) is 0 Å². The van der Waals surface area contributed by atoms with Gasteiger partial charge in [-0.25, -0.2) is 0 Å². The van der Waals surface area contributed by atoms with E-state index < -0.39 is 0 Å². The number of hydrogen-bond donors (Lipinski definition) is 2. The highest BCUT2D eigenvalue weighted by Crippen LogP contribution is 2.21. The molecule has 0 radical (unpaired) electrons. The van der Waals surface area contributed by atoms with E-state index in [2.05, 4.69) is 15.5 Å². The van der Waals surface area contributed by atoms with Crippen LogP contribution in [0.15, 0.2) is 54.6 Å². The van der Waals surface area contributed by atoms with Crippen molar-refractivity contribution in [2.45, 2.75) is 19.8 Å². The van der Waals surface area contributed by atoms with Gasteiger partial charge in [-0.1, -0.05) is 18.2 Å². The maximum absolute atomic E-state index is 12.4. The smallest absolute Gasteiger partial charge is 0.227 e. The van der Waals surface area contributed by atoms with Crippen molar-refractivity contribution >= 4 is 34.6 Å². The number of nitrogens with one attached hydrogen (secondary N) is 2.